The molecule has 1 aliphatic rings. The van der Waals surface area contributed by atoms with Crippen LogP contribution in [0, 0.1) is 0 Å². The molecule has 50 valence electrons. The van der Waals surface area contributed by atoms with Crippen LogP contribution in [0.15, 0.2) is 10.2 Å². The molecule has 0 aliphatic carbocycles. The molecule has 3 heteroatoms. The molecule has 0 aromatic carbocycles. The lowest BCUT2D eigenvalue weighted by Crippen LogP contribution is -2.32. The smallest absolute Gasteiger partial charge is 0.114 e. The highest BCUT2D eigenvalue weighted by molar-refractivity contribution is 5.72. The van der Waals surface area contributed by atoms with Crippen LogP contribution in [0.3, 0.4) is 0 Å². The second-order valence-electron chi connectivity index (χ2n) is 2.14. The largest absolute Gasteiger partial charge is 0.356 e. The van der Waals surface area contributed by atoms with Gasteiger partial charge in [0.05, 0.1) is 6.04 Å². The van der Waals surface area contributed by atoms with Crippen molar-refractivity contribution in [3.05, 3.63) is 0 Å². The number of rotatable bonds is 1. The predicted molar refractivity (Wildman–Crippen MR) is 38.8 cm³/mol. The van der Waals surface area contributed by atoms with E-state index in [1.54, 1.807) is 6.34 Å². The lowest BCUT2D eigenvalue weighted by Gasteiger charge is -2.21. The zero-order chi connectivity index (χ0) is 6.69. The van der Waals surface area contributed by atoms with Gasteiger partial charge in [-0.05, 0) is 6.42 Å². The second kappa shape index (κ2) is 2.62. The molecule has 1 atom stereocenters. The summed E-state index contributed by atoms with van der Waals surface area (Å²) in [5, 5.41) is 7.51. The van der Waals surface area contributed by atoms with Gasteiger partial charge in [0.25, 0.3) is 0 Å². The van der Waals surface area contributed by atoms with E-state index >= 15 is 0 Å². The summed E-state index contributed by atoms with van der Waals surface area (Å²) in [6.45, 7) is 2.13. The van der Waals surface area contributed by atoms with Gasteiger partial charge in [0.1, 0.15) is 6.34 Å². The summed E-state index contributed by atoms with van der Waals surface area (Å²) in [5.74, 6) is 0. The van der Waals surface area contributed by atoms with Crippen LogP contribution in [0.5, 0.6) is 0 Å². The van der Waals surface area contributed by atoms with Crippen LogP contribution in [0.25, 0.3) is 0 Å². The molecular formula is C6H11N3. The zero-order valence-corrected chi connectivity index (χ0v) is 5.78. The first-order valence-corrected chi connectivity index (χ1v) is 3.13. The molecule has 0 bridgehead atoms. The third-order valence-corrected chi connectivity index (χ3v) is 1.48. The fourth-order valence-electron chi connectivity index (χ4n) is 0.811. The molecule has 0 aromatic heterocycles. The van der Waals surface area contributed by atoms with Gasteiger partial charge in [-0.1, -0.05) is 6.92 Å². The van der Waals surface area contributed by atoms with E-state index in [1.807, 2.05) is 18.2 Å². The van der Waals surface area contributed by atoms with Gasteiger partial charge in [-0.3, -0.25) is 0 Å². The van der Waals surface area contributed by atoms with Gasteiger partial charge in [-0.15, -0.1) is 5.10 Å². The van der Waals surface area contributed by atoms with Crippen LogP contribution in [-0.4, -0.2) is 30.5 Å². The first-order valence-electron chi connectivity index (χ1n) is 3.13. The number of hydrogen-bond donors (Lipinski definition) is 0. The lowest BCUT2D eigenvalue weighted by atomic mass is 10.2. The average molecular weight is 125 g/mol. The highest BCUT2D eigenvalue weighted by Crippen LogP contribution is 1.99. The Morgan fingerprint density at radius 2 is 2.33 bits per heavy atom. The van der Waals surface area contributed by atoms with E-state index in [4.69, 9.17) is 0 Å². The maximum absolute atomic E-state index is 3.78. The van der Waals surface area contributed by atoms with Crippen molar-refractivity contribution < 1.29 is 0 Å². The van der Waals surface area contributed by atoms with E-state index in [9.17, 15) is 0 Å². The van der Waals surface area contributed by atoms with Gasteiger partial charge in [0.2, 0.25) is 0 Å². The lowest BCUT2D eigenvalue weighted by molar-refractivity contribution is 0.447. The molecule has 0 amide bonds. The van der Waals surface area contributed by atoms with Gasteiger partial charge >= 0.3 is 0 Å². The molecule has 1 rings (SSSR count). The van der Waals surface area contributed by atoms with E-state index in [-0.39, 0.29) is 0 Å². The SMILES string of the molecule is CC[C@H]1C=NN=CN1C. The normalized spacial score (nSPS) is 25.1. The number of nitrogens with zero attached hydrogens (tertiary/aromatic N) is 3. The van der Waals surface area contributed by atoms with Gasteiger partial charge in [-0.25, -0.2) is 0 Å². The molecule has 0 saturated carbocycles. The summed E-state index contributed by atoms with van der Waals surface area (Å²) >= 11 is 0. The van der Waals surface area contributed by atoms with Crippen LogP contribution < -0.4 is 0 Å². The van der Waals surface area contributed by atoms with Gasteiger partial charge in [-0.2, -0.15) is 5.10 Å². The molecule has 0 unspecified atom stereocenters. The molecule has 9 heavy (non-hydrogen) atoms. The first kappa shape index (κ1) is 6.26. The van der Waals surface area contributed by atoms with E-state index < -0.39 is 0 Å². The Balaban J connectivity index is 2.55. The fourth-order valence-corrected chi connectivity index (χ4v) is 0.811. The summed E-state index contributed by atoms with van der Waals surface area (Å²) in [4.78, 5) is 2.05. The van der Waals surface area contributed by atoms with Crippen molar-refractivity contribution in [2.75, 3.05) is 7.05 Å². The van der Waals surface area contributed by atoms with Crippen LogP contribution in [0.4, 0.5) is 0 Å². The Kier molecular flexibility index (Phi) is 1.82. The van der Waals surface area contributed by atoms with Crippen LogP contribution in [-0.2, 0) is 0 Å². The summed E-state index contributed by atoms with van der Waals surface area (Å²) in [6, 6.07) is 0.447. The monoisotopic (exact) mass is 125 g/mol. The molecule has 0 radical (unpaired) electrons. The maximum atomic E-state index is 3.78. The summed E-state index contributed by atoms with van der Waals surface area (Å²) < 4.78 is 0. The molecule has 0 N–H and O–H groups in total. The molecule has 1 heterocycles. The van der Waals surface area contributed by atoms with Crippen molar-refractivity contribution in [2.45, 2.75) is 19.4 Å². The number of hydrogen-bond acceptors (Lipinski definition) is 3. The molecule has 0 spiro atoms. The predicted octanol–water partition coefficient (Wildman–Crippen LogP) is 0.725. The Hall–Kier alpha value is -0.860. The average Bonchev–Trinajstić information content (AvgIpc) is 1.89. The van der Waals surface area contributed by atoms with Crippen LogP contribution in [0.1, 0.15) is 13.3 Å². The highest BCUT2D eigenvalue weighted by atomic mass is 15.3. The third kappa shape index (κ3) is 1.28. The van der Waals surface area contributed by atoms with Crippen molar-refractivity contribution in [2.24, 2.45) is 10.2 Å². The van der Waals surface area contributed by atoms with Gasteiger partial charge in [0.15, 0.2) is 0 Å². The molecule has 0 saturated heterocycles. The first-order chi connectivity index (χ1) is 4.34. The Morgan fingerprint density at radius 3 is 2.78 bits per heavy atom. The summed E-state index contributed by atoms with van der Waals surface area (Å²) in [6.07, 6.45) is 4.69. The minimum atomic E-state index is 0.447. The fraction of sp³-hybridized carbons (Fsp3) is 0.667. The Bertz CT molecular complexity index is 139. The van der Waals surface area contributed by atoms with E-state index in [1.165, 1.54) is 0 Å². The minimum absolute atomic E-state index is 0.447. The molecule has 0 aromatic rings. The summed E-state index contributed by atoms with van der Waals surface area (Å²) in [5.41, 5.74) is 0. The molecular weight excluding hydrogens is 114 g/mol. The van der Waals surface area contributed by atoms with Crippen molar-refractivity contribution in [1.29, 1.82) is 0 Å². The maximum Gasteiger partial charge on any atom is 0.114 e. The van der Waals surface area contributed by atoms with E-state index in [0.717, 1.165) is 6.42 Å². The van der Waals surface area contributed by atoms with Crippen molar-refractivity contribution in [3.8, 4) is 0 Å². The van der Waals surface area contributed by atoms with Crippen molar-refractivity contribution in [1.82, 2.24) is 4.90 Å². The highest BCUT2D eigenvalue weighted by Gasteiger charge is 2.07. The minimum Gasteiger partial charge on any atom is -0.356 e. The van der Waals surface area contributed by atoms with Crippen molar-refractivity contribution >= 4 is 12.6 Å². The molecule has 3 nitrogen and oxygen atoms in total. The van der Waals surface area contributed by atoms with Gasteiger partial charge < -0.3 is 4.90 Å². The van der Waals surface area contributed by atoms with Crippen molar-refractivity contribution in [3.63, 3.8) is 0 Å². The topological polar surface area (TPSA) is 28.0 Å². The standard InChI is InChI=1S/C6H11N3/c1-3-6-4-7-8-5-9(6)2/h4-6H,3H2,1-2H3/t6-/m0/s1. The van der Waals surface area contributed by atoms with E-state index in [0.29, 0.717) is 6.04 Å². The second-order valence-corrected chi connectivity index (χ2v) is 2.14. The molecule has 0 fully saturated rings. The van der Waals surface area contributed by atoms with Gasteiger partial charge in [0, 0.05) is 13.3 Å². The summed E-state index contributed by atoms with van der Waals surface area (Å²) in [7, 11) is 2.00. The third-order valence-electron chi connectivity index (χ3n) is 1.48. The van der Waals surface area contributed by atoms with Crippen LogP contribution >= 0.6 is 0 Å². The Labute approximate surface area is 55.1 Å². The molecule has 1 aliphatic heterocycles. The van der Waals surface area contributed by atoms with E-state index in [2.05, 4.69) is 17.1 Å². The Morgan fingerprint density at radius 1 is 1.56 bits per heavy atom. The zero-order valence-electron chi connectivity index (χ0n) is 5.78. The van der Waals surface area contributed by atoms with Crippen LogP contribution in [0.2, 0.25) is 0 Å². The quantitative estimate of drug-likeness (QED) is 0.507.